The number of carbonyl (C=O) groups excluding carboxylic acids is 1. The van der Waals surface area contributed by atoms with Gasteiger partial charge in [-0.2, -0.15) is 13.2 Å². The molecule has 1 heterocycles. The molecule has 0 atom stereocenters. The number of amides is 1. The third kappa shape index (κ3) is 5.22. The Kier molecular flexibility index (Phi) is 5.16. The van der Waals surface area contributed by atoms with Gasteiger partial charge in [0.15, 0.2) is 0 Å². The number of alkyl halides is 3. The molecule has 1 rings (SSSR count). The summed E-state index contributed by atoms with van der Waals surface area (Å²) >= 11 is 0. The summed E-state index contributed by atoms with van der Waals surface area (Å²) in [5.74, 6) is -0.0219. The van der Waals surface area contributed by atoms with Crippen molar-refractivity contribution in [3.8, 4) is 0 Å². The van der Waals surface area contributed by atoms with Gasteiger partial charge in [0, 0.05) is 6.20 Å². The molecular formula is C13H17F3N2O3. The number of halogens is 3. The van der Waals surface area contributed by atoms with Crippen molar-refractivity contribution in [1.29, 1.82) is 0 Å². The molecule has 0 spiro atoms. The molecule has 1 aromatic heterocycles. The summed E-state index contributed by atoms with van der Waals surface area (Å²) in [6, 6.07) is 1.87. The second-order valence-electron chi connectivity index (χ2n) is 5.26. The highest BCUT2D eigenvalue weighted by Gasteiger charge is 2.31. The van der Waals surface area contributed by atoms with Crippen LogP contribution in [0.4, 0.5) is 23.8 Å². The highest BCUT2D eigenvalue weighted by molar-refractivity contribution is 5.86. The van der Waals surface area contributed by atoms with Crippen LogP contribution in [0.25, 0.3) is 0 Å². The Morgan fingerprint density at radius 2 is 1.95 bits per heavy atom. The third-order valence-electron chi connectivity index (χ3n) is 2.29. The number of aromatic nitrogens is 1. The normalized spacial score (nSPS) is 12.1. The van der Waals surface area contributed by atoms with Gasteiger partial charge in [0.25, 0.3) is 0 Å². The van der Waals surface area contributed by atoms with Gasteiger partial charge in [-0.1, -0.05) is 0 Å². The van der Waals surface area contributed by atoms with Gasteiger partial charge in [0.1, 0.15) is 11.4 Å². The number of aliphatic hydroxyl groups is 1. The Hall–Kier alpha value is -1.83. The van der Waals surface area contributed by atoms with E-state index in [1.54, 1.807) is 20.8 Å². The van der Waals surface area contributed by atoms with E-state index in [1.807, 2.05) is 0 Å². The van der Waals surface area contributed by atoms with E-state index in [2.05, 4.69) is 4.98 Å². The summed E-state index contributed by atoms with van der Waals surface area (Å²) in [6.07, 6.45) is -4.66. The van der Waals surface area contributed by atoms with Crippen LogP contribution in [0.1, 0.15) is 26.3 Å². The van der Waals surface area contributed by atoms with Crippen molar-refractivity contribution < 1.29 is 27.8 Å². The number of anilines is 1. The summed E-state index contributed by atoms with van der Waals surface area (Å²) < 4.78 is 42.5. The Balaban J connectivity index is 2.98. The molecule has 0 fully saturated rings. The van der Waals surface area contributed by atoms with Crippen LogP contribution >= 0.6 is 0 Å². The maximum absolute atomic E-state index is 12.5. The predicted molar refractivity (Wildman–Crippen MR) is 69.9 cm³/mol. The first-order valence-corrected chi connectivity index (χ1v) is 6.19. The van der Waals surface area contributed by atoms with E-state index in [-0.39, 0.29) is 19.0 Å². The average Bonchev–Trinajstić information content (AvgIpc) is 2.33. The zero-order chi connectivity index (χ0) is 16.3. The molecule has 0 saturated heterocycles. The van der Waals surface area contributed by atoms with Crippen molar-refractivity contribution >= 4 is 11.9 Å². The van der Waals surface area contributed by atoms with Crippen molar-refractivity contribution in [3.05, 3.63) is 23.9 Å². The van der Waals surface area contributed by atoms with Crippen LogP contribution in [-0.4, -0.2) is 34.9 Å². The Morgan fingerprint density at radius 1 is 1.33 bits per heavy atom. The van der Waals surface area contributed by atoms with Gasteiger partial charge >= 0.3 is 12.3 Å². The van der Waals surface area contributed by atoms with Crippen LogP contribution < -0.4 is 4.90 Å². The molecule has 1 amide bonds. The number of hydrogen-bond donors (Lipinski definition) is 1. The first-order chi connectivity index (χ1) is 9.54. The van der Waals surface area contributed by atoms with Crippen molar-refractivity contribution in [1.82, 2.24) is 4.98 Å². The molecule has 0 aromatic carbocycles. The molecule has 0 aliphatic heterocycles. The Labute approximate surface area is 120 Å². The maximum Gasteiger partial charge on any atom is 0.417 e. The monoisotopic (exact) mass is 306 g/mol. The van der Waals surface area contributed by atoms with Crippen LogP contribution in [0, 0.1) is 0 Å². The smallest absolute Gasteiger partial charge is 0.417 e. The van der Waals surface area contributed by atoms with Gasteiger partial charge in [-0.05, 0) is 32.9 Å². The molecule has 118 valence electrons. The van der Waals surface area contributed by atoms with Gasteiger partial charge in [-0.25, -0.2) is 9.78 Å². The molecule has 0 radical (unpaired) electrons. The summed E-state index contributed by atoms with van der Waals surface area (Å²) in [6.45, 7) is 4.46. The molecule has 1 N–H and O–H groups in total. The van der Waals surface area contributed by atoms with Crippen LogP contribution in [0.15, 0.2) is 18.3 Å². The van der Waals surface area contributed by atoms with Crippen molar-refractivity contribution in [2.75, 3.05) is 18.1 Å². The molecule has 1 aromatic rings. The fourth-order valence-corrected chi connectivity index (χ4v) is 1.43. The molecule has 0 unspecified atom stereocenters. The van der Waals surface area contributed by atoms with E-state index in [0.717, 1.165) is 17.0 Å². The molecule has 0 aliphatic carbocycles. The average molecular weight is 306 g/mol. The lowest BCUT2D eigenvalue weighted by atomic mass is 10.2. The summed E-state index contributed by atoms with van der Waals surface area (Å²) in [5, 5.41) is 8.97. The molecule has 0 bridgehead atoms. The number of carbonyl (C=O) groups is 1. The van der Waals surface area contributed by atoms with Gasteiger partial charge in [0.2, 0.25) is 0 Å². The minimum atomic E-state index is -4.50. The van der Waals surface area contributed by atoms with E-state index in [4.69, 9.17) is 9.84 Å². The predicted octanol–water partition coefficient (Wildman–Crippen LogP) is 2.83. The van der Waals surface area contributed by atoms with Gasteiger partial charge in [0.05, 0.1) is 18.7 Å². The molecule has 0 aliphatic rings. The number of ether oxygens (including phenoxy) is 1. The lowest BCUT2D eigenvalue weighted by molar-refractivity contribution is -0.137. The molecule has 5 nitrogen and oxygen atoms in total. The fraction of sp³-hybridized carbons (Fsp3) is 0.538. The first-order valence-electron chi connectivity index (χ1n) is 6.19. The Bertz CT molecular complexity index is 481. The fourth-order valence-electron chi connectivity index (χ4n) is 1.43. The number of pyridine rings is 1. The van der Waals surface area contributed by atoms with Crippen LogP contribution in [-0.2, 0) is 10.9 Å². The number of nitrogens with zero attached hydrogens (tertiary/aromatic N) is 2. The number of rotatable bonds is 3. The van der Waals surface area contributed by atoms with E-state index in [0.29, 0.717) is 6.20 Å². The molecular weight excluding hydrogens is 289 g/mol. The lowest BCUT2D eigenvalue weighted by Crippen LogP contribution is -2.39. The molecule has 21 heavy (non-hydrogen) atoms. The van der Waals surface area contributed by atoms with E-state index < -0.39 is 23.4 Å². The first kappa shape index (κ1) is 17.2. The minimum absolute atomic E-state index is 0.0219. The van der Waals surface area contributed by atoms with Gasteiger partial charge in [-0.15, -0.1) is 0 Å². The van der Waals surface area contributed by atoms with Crippen LogP contribution in [0.3, 0.4) is 0 Å². The standard InChI is InChI=1S/C13H17F3N2O3/c1-12(2,3)21-11(20)18(6-7-19)10-5-4-9(8-17-10)13(14,15)16/h4-5,8,19H,6-7H2,1-3H3. The third-order valence-corrected chi connectivity index (χ3v) is 2.29. The second-order valence-corrected chi connectivity index (χ2v) is 5.26. The quantitative estimate of drug-likeness (QED) is 0.932. The van der Waals surface area contributed by atoms with E-state index in [1.165, 1.54) is 0 Å². The Morgan fingerprint density at radius 3 is 2.33 bits per heavy atom. The second kappa shape index (κ2) is 6.30. The highest BCUT2D eigenvalue weighted by atomic mass is 19.4. The van der Waals surface area contributed by atoms with E-state index >= 15 is 0 Å². The SMILES string of the molecule is CC(C)(C)OC(=O)N(CCO)c1ccc(C(F)(F)F)cn1. The highest BCUT2D eigenvalue weighted by Crippen LogP contribution is 2.29. The van der Waals surface area contributed by atoms with Crippen LogP contribution in [0.5, 0.6) is 0 Å². The minimum Gasteiger partial charge on any atom is -0.443 e. The number of aliphatic hydroxyl groups excluding tert-OH is 1. The zero-order valence-corrected chi connectivity index (χ0v) is 11.9. The molecule has 8 heteroatoms. The maximum atomic E-state index is 12.5. The van der Waals surface area contributed by atoms with Gasteiger partial charge < -0.3 is 9.84 Å². The summed E-state index contributed by atoms with van der Waals surface area (Å²) in [4.78, 5) is 16.5. The zero-order valence-electron chi connectivity index (χ0n) is 11.9. The van der Waals surface area contributed by atoms with Gasteiger partial charge in [-0.3, -0.25) is 4.90 Å². The summed E-state index contributed by atoms with van der Waals surface area (Å²) in [5.41, 5.74) is -1.68. The van der Waals surface area contributed by atoms with Crippen molar-refractivity contribution in [3.63, 3.8) is 0 Å². The number of hydrogen-bond acceptors (Lipinski definition) is 4. The largest absolute Gasteiger partial charge is 0.443 e. The topological polar surface area (TPSA) is 62.7 Å². The van der Waals surface area contributed by atoms with Crippen molar-refractivity contribution in [2.45, 2.75) is 32.5 Å². The van der Waals surface area contributed by atoms with Crippen molar-refractivity contribution in [2.24, 2.45) is 0 Å². The summed E-state index contributed by atoms with van der Waals surface area (Å²) in [7, 11) is 0. The van der Waals surface area contributed by atoms with Crippen LogP contribution in [0.2, 0.25) is 0 Å². The molecule has 0 saturated carbocycles. The van der Waals surface area contributed by atoms with E-state index in [9.17, 15) is 18.0 Å². The lowest BCUT2D eigenvalue weighted by Gasteiger charge is -2.26.